The summed E-state index contributed by atoms with van der Waals surface area (Å²) in [6.07, 6.45) is 0. The second kappa shape index (κ2) is 6.24. The number of benzene rings is 1. The molecule has 0 bridgehead atoms. The van der Waals surface area contributed by atoms with E-state index in [1.54, 1.807) is 16.4 Å². The molecule has 2 rings (SSSR count). The molecule has 2 unspecified atom stereocenters. The van der Waals surface area contributed by atoms with Crippen molar-refractivity contribution in [2.24, 2.45) is 11.8 Å². The summed E-state index contributed by atoms with van der Waals surface area (Å²) in [6, 6.07) is 7.21. The first-order valence-electron chi connectivity index (χ1n) is 7.25. The standard InChI is InChI=1S/C15H24N2O2S/c1-4-16-9-14-5-7-15(8-6-14)20(18,19)17-10-12(2)13(3)11-17/h5-8,12-13,16H,4,9-11H2,1-3H3. The van der Waals surface area contributed by atoms with E-state index in [-0.39, 0.29) is 0 Å². The maximum absolute atomic E-state index is 12.6. The highest BCUT2D eigenvalue weighted by atomic mass is 32.2. The average Bonchev–Trinajstić information content (AvgIpc) is 2.77. The van der Waals surface area contributed by atoms with Gasteiger partial charge in [0.15, 0.2) is 0 Å². The Balaban J connectivity index is 2.14. The zero-order valence-corrected chi connectivity index (χ0v) is 13.3. The quantitative estimate of drug-likeness (QED) is 0.905. The van der Waals surface area contributed by atoms with Crippen LogP contribution in [0.5, 0.6) is 0 Å². The van der Waals surface area contributed by atoms with Gasteiger partial charge in [-0.1, -0.05) is 32.9 Å². The van der Waals surface area contributed by atoms with Gasteiger partial charge in [0.05, 0.1) is 4.90 Å². The van der Waals surface area contributed by atoms with Crippen LogP contribution in [-0.2, 0) is 16.6 Å². The molecular weight excluding hydrogens is 272 g/mol. The van der Waals surface area contributed by atoms with Crippen LogP contribution in [-0.4, -0.2) is 32.4 Å². The van der Waals surface area contributed by atoms with Gasteiger partial charge in [0.25, 0.3) is 0 Å². The van der Waals surface area contributed by atoms with E-state index >= 15 is 0 Å². The molecule has 0 saturated carbocycles. The highest BCUT2D eigenvalue weighted by Gasteiger charge is 2.34. The maximum atomic E-state index is 12.6. The Kier molecular flexibility index (Phi) is 4.83. The summed E-state index contributed by atoms with van der Waals surface area (Å²) in [5, 5.41) is 3.23. The van der Waals surface area contributed by atoms with Gasteiger partial charge < -0.3 is 5.32 Å². The van der Waals surface area contributed by atoms with Crippen LogP contribution in [0.25, 0.3) is 0 Å². The third kappa shape index (κ3) is 3.22. The van der Waals surface area contributed by atoms with E-state index in [1.807, 2.05) is 12.1 Å². The predicted octanol–water partition coefficient (Wildman–Crippen LogP) is 2.07. The molecule has 1 fully saturated rings. The van der Waals surface area contributed by atoms with Crippen molar-refractivity contribution in [2.45, 2.75) is 32.2 Å². The van der Waals surface area contributed by atoms with Gasteiger partial charge in [-0.05, 0) is 36.1 Å². The predicted molar refractivity (Wildman–Crippen MR) is 80.9 cm³/mol. The summed E-state index contributed by atoms with van der Waals surface area (Å²) >= 11 is 0. The molecule has 1 aromatic rings. The summed E-state index contributed by atoms with van der Waals surface area (Å²) in [7, 11) is -3.33. The lowest BCUT2D eigenvalue weighted by molar-refractivity contribution is 0.463. The molecule has 20 heavy (non-hydrogen) atoms. The molecule has 0 spiro atoms. The zero-order chi connectivity index (χ0) is 14.8. The molecule has 0 aliphatic carbocycles. The van der Waals surface area contributed by atoms with Gasteiger partial charge in [-0.2, -0.15) is 4.31 Å². The average molecular weight is 296 g/mol. The first-order valence-corrected chi connectivity index (χ1v) is 8.69. The van der Waals surface area contributed by atoms with Crippen molar-refractivity contribution in [2.75, 3.05) is 19.6 Å². The Morgan fingerprint density at radius 3 is 2.20 bits per heavy atom. The minimum Gasteiger partial charge on any atom is -0.313 e. The van der Waals surface area contributed by atoms with Crippen molar-refractivity contribution in [3.63, 3.8) is 0 Å². The molecule has 1 saturated heterocycles. The Labute approximate surface area is 122 Å². The highest BCUT2D eigenvalue weighted by Crippen LogP contribution is 2.28. The van der Waals surface area contributed by atoms with Crippen LogP contribution in [0.2, 0.25) is 0 Å². The molecule has 4 nitrogen and oxygen atoms in total. The van der Waals surface area contributed by atoms with E-state index in [0.717, 1.165) is 18.7 Å². The number of rotatable bonds is 5. The summed E-state index contributed by atoms with van der Waals surface area (Å²) in [5.74, 6) is 0.857. The smallest absolute Gasteiger partial charge is 0.243 e. The molecule has 5 heteroatoms. The topological polar surface area (TPSA) is 49.4 Å². The second-order valence-electron chi connectivity index (χ2n) is 5.70. The van der Waals surface area contributed by atoms with Gasteiger partial charge in [-0.15, -0.1) is 0 Å². The monoisotopic (exact) mass is 296 g/mol. The van der Waals surface area contributed by atoms with E-state index in [1.165, 1.54) is 0 Å². The van der Waals surface area contributed by atoms with Gasteiger partial charge in [0.1, 0.15) is 0 Å². The molecule has 1 heterocycles. The number of hydrogen-bond acceptors (Lipinski definition) is 3. The fourth-order valence-corrected chi connectivity index (χ4v) is 4.11. The fraction of sp³-hybridized carbons (Fsp3) is 0.600. The molecule has 1 N–H and O–H groups in total. The van der Waals surface area contributed by atoms with E-state index in [9.17, 15) is 8.42 Å². The highest BCUT2D eigenvalue weighted by molar-refractivity contribution is 7.89. The van der Waals surface area contributed by atoms with Gasteiger partial charge in [0, 0.05) is 19.6 Å². The molecular formula is C15H24N2O2S. The second-order valence-corrected chi connectivity index (χ2v) is 7.64. The number of nitrogens with zero attached hydrogens (tertiary/aromatic N) is 1. The lowest BCUT2D eigenvalue weighted by Crippen LogP contribution is -2.29. The first kappa shape index (κ1) is 15.5. The first-order chi connectivity index (χ1) is 9.45. The Morgan fingerprint density at radius 2 is 1.70 bits per heavy atom. The van der Waals surface area contributed by atoms with Crippen LogP contribution in [0, 0.1) is 11.8 Å². The SMILES string of the molecule is CCNCc1ccc(S(=O)(=O)N2CC(C)C(C)C2)cc1. The Morgan fingerprint density at radius 1 is 1.15 bits per heavy atom. The van der Waals surface area contributed by atoms with Crippen LogP contribution in [0.3, 0.4) is 0 Å². The molecule has 0 radical (unpaired) electrons. The number of hydrogen-bond donors (Lipinski definition) is 1. The maximum Gasteiger partial charge on any atom is 0.243 e. The van der Waals surface area contributed by atoms with Crippen molar-refractivity contribution >= 4 is 10.0 Å². The van der Waals surface area contributed by atoms with Crippen molar-refractivity contribution < 1.29 is 8.42 Å². The zero-order valence-electron chi connectivity index (χ0n) is 12.5. The molecule has 1 aromatic carbocycles. The van der Waals surface area contributed by atoms with Crippen molar-refractivity contribution in [3.05, 3.63) is 29.8 Å². The molecule has 0 aromatic heterocycles. The van der Waals surface area contributed by atoms with E-state index in [0.29, 0.717) is 29.8 Å². The Hall–Kier alpha value is -0.910. The minimum absolute atomic E-state index is 0.402. The number of nitrogens with one attached hydrogen (secondary N) is 1. The van der Waals surface area contributed by atoms with Gasteiger partial charge >= 0.3 is 0 Å². The van der Waals surface area contributed by atoms with E-state index in [4.69, 9.17) is 0 Å². The minimum atomic E-state index is -3.33. The van der Waals surface area contributed by atoms with Crippen LogP contribution in [0.4, 0.5) is 0 Å². The molecule has 0 amide bonds. The molecule has 2 atom stereocenters. The summed E-state index contributed by atoms with van der Waals surface area (Å²) in [4.78, 5) is 0.402. The third-order valence-corrected chi connectivity index (χ3v) is 5.94. The Bertz CT molecular complexity index is 529. The summed E-state index contributed by atoms with van der Waals surface area (Å²) in [5.41, 5.74) is 1.11. The van der Waals surface area contributed by atoms with E-state index in [2.05, 4.69) is 26.1 Å². The third-order valence-electron chi connectivity index (χ3n) is 4.09. The molecule has 112 valence electrons. The van der Waals surface area contributed by atoms with Gasteiger partial charge in [-0.25, -0.2) is 8.42 Å². The number of sulfonamides is 1. The van der Waals surface area contributed by atoms with Crippen LogP contribution >= 0.6 is 0 Å². The van der Waals surface area contributed by atoms with Crippen LogP contribution in [0.1, 0.15) is 26.3 Å². The van der Waals surface area contributed by atoms with E-state index < -0.39 is 10.0 Å². The van der Waals surface area contributed by atoms with Crippen molar-refractivity contribution in [1.29, 1.82) is 0 Å². The van der Waals surface area contributed by atoms with Crippen LogP contribution < -0.4 is 5.32 Å². The van der Waals surface area contributed by atoms with Crippen molar-refractivity contribution in [3.8, 4) is 0 Å². The fourth-order valence-electron chi connectivity index (χ4n) is 2.47. The van der Waals surface area contributed by atoms with Gasteiger partial charge in [-0.3, -0.25) is 0 Å². The summed E-state index contributed by atoms with van der Waals surface area (Å²) in [6.45, 7) is 9.21. The molecule has 1 aliphatic rings. The van der Waals surface area contributed by atoms with Crippen LogP contribution in [0.15, 0.2) is 29.2 Å². The summed E-state index contributed by atoms with van der Waals surface area (Å²) < 4.78 is 26.7. The normalized spacial score (nSPS) is 24.1. The lowest BCUT2D eigenvalue weighted by atomic mass is 10.0. The van der Waals surface area contributed by atoms with Crippen molar-refractivity contribution in [1.82, 2.24) is 9.62 Å². The molecule has 1 aliphatic heterocycles. The largest absolute Gasteiger partial charge is 0.313 e. The van der Waals surface area contributed by atoms with Gasteiger partial charge in [0.2, 0.25) is 10.0 Å². The lowest BCUT2D eigenvalue weighted by Gasteiger charge is -2.16.